The minimum Gasteiger partial charge on any atom is -0.480 e. The Morgan fingerprint density at radius 2 is 1.74 bits per heavy atom. The van der Waals surface area contributed by atoms with Crippen LogP contribution in [0.1, 0.15) is 40.3 Å². The van der Waals surface area contributed by atoms with Crippen LogP contribution >= 0.6 is 0 Å². The number of aromatic hydroxyl groups is 1. The van der Waals surface area contributed by atoms with E-state index in [1.807, 2.05) is 13.8 Å². The van der Waals surface area contributed by atoms with Crippen molar-refractivity contribution >= 4 is 18.2 Å². The van der Waals surface area contributed by atoms with Gasteiger partial charge in [0.15, 0.2) is 11.3 Å². The molecule has 19 heavy (non-hydrogen) atoms. The summed E-state index contributed by atoms with van der Waals surface area (Å²) in [6.07, 6.45) is 1.25. The number of rotatable bonds is 4. The van der Waals surface area contributed by atoms with E-state index in [0.29, 0.717) is 0 Å². The largest absolute Gasteiger partial charge is 0.480 e. The van der Waals surface area contributed by atoms with E-state index in [-0.39, 0.29) is 22.9 Å². The summed E-state index contributed by atoms with van der Waals surface area (Å²) in [5, 5.41) is 9.59. The van der Waals surface area contributed by atoms with Crippen LogP contribution in [0.25, 0.3) is 0 Å². The second kappa shape index (κ2) is 6.03. The van der Waals surface area contributed by atoms with Crippen molar-refractivity contribution < 1.29 is 28.6 Å². The fourth-order valence-corrected chi connectivity index (χ4v) is 1.34. The molecular weight excluding hydrogens is 254 g/mol. The quantitative estimate of drug-likeness (QED) is 0.655. The van der Waals surface area contributed by atoms with Gasteiger partial charge < -0.3 is 19.0 Å². The van der Waals surface area contributed by atoms with Gasteiger partial charge in [-0.2, -0.15) is 0 Å². The molecule has 0 amide bonds. The van der Waals surface area contributed by atoms with Crippen molar-refractivity contribution in [3.05, 3.63) is 16.9 Å². The minimum absolute atomic E-state index is 0.0423. The summed E-state index contributed by atoms with van der Waals surface area (Å²) in [5.74, 6) is -2.49. The number of esters is 2. The molecule has 0 radical (unpaired) electrons. The summed E-state index contributed by atoms with van der Waals surface area (Å²) in [5.41, 5.74) is -0.587. The zero-order valence-corrected chi connectivity index (χ0v) is 11.1. The Bertz CT molecular complexity index is 515. The molecule has 7 heteroatoms. The normalized spacial score (nSPS) is 11.0. The number of aliphatic imine (C=N–C) groups is 1. The molecule has 1 N–H and O–H groups in total. The van der Waals surface area contributed by atoms with Crippen LogP contribution in [0.3, 0.4) is 0 Å². The van der Waals surface area contributed by atoms with Crippen molar-refractivity contribution in [3.8, 4) is 5.95 Å². The Labute approximate surface area is 109 Å². The summed E-state index contributed by atoms with van der Waals surface area (Å²) in [4.78, 5) is 27.2. The summed E-state index contributed by atoms with van der Waals surface area (Å²) >= 11 is 0. The minimum atomic E-state index is -0.897. The molecular formula is C12H15NO6. The molecule has 0 atom stereocenters. The highest BCUT2D eigenvalue weighted by Gasteiger charge is 2.31. The molecule has 0 saturated carbocycles. The molecule has 0 bridgehead atoms. The Kier molecular flexibility index (Phi) is 4.68. The second-order valence-electron chi connectivity index (χ2n) is 3.88. The molecule has 0 aliphatic rings. The van der Waals surface area contributed by atoms with E-state index in [2.05, 4.69) is 14.5 Å². The molecule has 0 aliphatic heterocycles. The van der Waals surface area contributed by atoms with Gasteiger partial charge >= 0.3 is 11.9 Å². The SMILES string of the molecule is COC(=O)c1c(O)oc(C=NC(C)C)c1C(=O)OC. The van der Waals surface area contributed by atoms with Gasteiger partial charge in [-0.1, -0.05) is 0 Å². The molecule has 0 spiro atoms. The van der Waals surface area contributed by atoms with Gasteiger partial charge in [-0.05, 0) is 13.8 Å². The maximum atomic E-state index is 11.7. The third kappa shape index (κ3) is 3.12. The van der Waals surface area contributed by atoms with Crippen LogP contribution in [0.15, 0.2) is 9.41 Å². The number of ether oxygens (including phenoxy) is 2. The van der Waals surface area contributed by atoms with Crippen molar-refractivity contribution in [2.45, 2.75) is 19.9 Å². The Hall–Kier alpha value is -2.31. The molecule has 0 fully saturated rings. The number of hydrogen-bond acceptors (Lipinski definition) is 7. The van der Waals surface area contributed by atoms with E-state index in [9.17, 15) is 14.7 Å². The lowest BCUT2D eigenvalue weighted by atomic mass is 10.1. The molecule has 1 aromatic rings. The summed E-state index contributed by atoms with van der Waals surface area (Å²) in [7, 11) is 2.27. The van der Waals surface area contributed by atoms with Crippen LogP contribution in [0.4, 0.5) is 0 Å². The number of methoxy groups -OCH3 is 2. The first kappa shape index (κ1) is 14.7. The average molecular weight is 269 g/mol. The highest BCUT2D eigenvalue weighted by Crippen LogP contribution is 2.29. The zero-order chi connectivity index (χ0) is 14.6. The maximum absolute atomic E-state index is 11.7. The molecule has 0 saturated heterocycles. The van der Waals surface area contributed by atoms with E-state index in [0.717, 1.165) is 14.2 Å². The van der Waals surface area contributed by atoms with Crippen molar-refractivity contribution in [1.29, 1.82) is 0 Å². The first-order valence-electron chi connectivity index (χ1n) is 5.47. The van der Waals surface area contributed by atoms with Crippen molar-refractivity contribution in [2.24, 2.45) is 4.99 Å². The van der Waals surface area contributed by atoms with Gasteiger partial charge in [0.05, 0.1) is 20.4 Å². The van der Waals surface area contributed by atoms with Crippen LogP contribution in [0, 0.1) is 0 Å². The first-order valence-corrected chi connectivity index (χ1v) is 5.47. The van der Waals surface area contributed by atoms with Crippen LogP contribution in [0.5, 0.6) is 5.95 Å². The number of carbonyl (C=O) groups is 2. The fraction of sp³-hybridized carbons (Fsp3) is 0.417. The molecule has 0 aromatic carbocycles. The van der Waals surface area contributed by atoms with Gasteiger partial charge in [-0.25, -0.2) is 9.59 Å². The average Bonchev–Trinajstić information content (AvgIpc) is 2.71. The third-order valence-electron chi connectivity index (χ3n) is 2.19. The number of furan rings is 1. The highest BCUT2D eigenvalue weighted by atomic mass is 16.5. The monoisotopic (exact) mass is 269 g/mol. The number of nitrogens with zero attached hydrogens (tertiary/aromatic N) is 1. The van der Waals surface area contributed by atoms with Crippen molar-refractivity contribution in [2.75, 3.05) is 14.2 Å². The molecule has 1 rings (SSSR count). The van der Waals surface area contributed by atoms with Gasteiger partial charge in [-0.15, -0.1) is 0 Å². The maximum Gasteiger partial charge on any atom is 0.346 e. The van der Waals surface area contributed by atoms with Gasteiger partial charge in [-0.3, -0.25) is 4.99 Å². The second-order valence-corrected chi connectivity index (χ2v) is 3.88. The third-order valence-corrected chi connectivity index (χ3v) is 2.19. The van der Waals surface area contributed by atoms with E-state index in [1.54, 1.807) is 0 Å². The molecule has 104 valence electrons. The lowest BCUT2D eigenvalue weighted by molar-refractivity contribution is 0.0553. The Balaban J connectivity index is 3.40. The summed E-state index contributed by atoms with van der Waals surface area (Å²) < 4.78 is 14.0. The van der Waals surface area contributed by atoms with Gasteiger partial charge in [0.1, 0.15) is 5.56 Å². The van der Waals surface area contributed by atoms with Crippen LogP contribution in [-0.2, 0) is 9.47 Å². The van der Waals surface area contributed by atoms with Gasteiger partial charge in [0, 0.05) is 6.04 Å². The van der Waals surface area contributed by atoms with E-state index >= 15 is 0 Å². The van der Waals surface area contributed by atoms with Gasteiger partial charge in [0.2, 0.25) is 0 Å². The van der Waals surface area contributed by atoms with Crippen LogP contribution < -0.4 is 0 Å². The molecule has 1 heterocycles. The highest BCUT2D eigenvalue weighted by molar-refractivity contribution is 6.09. The van der Waals surface area contributed by atoms with Crippen molar-refractivity contribution in [1.82, 2.24) is 0 Å². The number of hydrogen-bond donors (Lipinski definition) is 1. The number of carbonyl (C=O) groups excluding carboxylic acids is 2. The molecule has 0 unspecified atom stereocenters. The zero-order valence-electron chi connectivity index (χ0n) is 11.1. The fourth-order valence-electron chi connectivity index (χ4n) is 1.34. The molecule has 7 nitrogen and oxygen atoms in total. The lowest BCUT2D eigenvalue weighted by Crippen LogP contribution is -2.11. The topological polar surface area (TPSA) is 98.3 Å². The lowest BCUT2D eigenvalue weighted by Gasteiger charge is -2.00. The van der Waals surface area contributed by atoms with Crippen LogP contribution in [0.2, 0.25) is 0 Å². The molecule has 1 aromatic heterocycles. The summed E-state index contributed by atoms with van der Waals surface area (Å²) in [6.45, 7) is 3.64. The summed E-state index contributed by atoms with van der Waals surface area (Å²) in [6, 6.07) is -0.0423. The Morgan fingerprint density at radius 1 is 1.21 bits per heavy atom. The molecule has 0 aliphatic carbocycles. The van der Waals surface area contributed by atoms with E-state index in [1.165, 1.54) is 6.21 Å². The first-order chi connectivity index (χ1) is 8.92. The van der Waals surface area contributed by atoms with E-state index in [4.69, 9.17) is 4.42 Å². The predicted octanol–water partition coefficient (Wildman–Crippen LogP) is 1.39. The predicted molar refractivity (Wildman–Crippen MR) is 65.8 cm³/mol. The van der Waals surface area contributed by atoms with Crippen LogP contribution in [-0.4, -0.2) is 43.5 Å². The van der Waals surface area contributed by atoms with E-state index < -0.39 is 17.9 Å². The van der Waals surface area contributed by atoms with Gasteiger partial charge in [0.25, 0.3) is 5.95 Å². The standard InChI is InChI=1S/C12H15NO6/c1-6(2)13-5-7-8(10(14)17-3)9(11(15)18-4)12(16)19-7/h5-6,16H,1-4H3. The van der Waals surface area contributed by atoms with Crippen molar-refractivity contribution in [3.63, 3.8) is 0 Å². The smallest absolute Gasteiger partial charge is 0.346 e. The Morgan fingerprint density at radius 3 is 2.21 bits per heavy atom.